The quantitative estimate of drug-likeness (QED) is 0.871. The van der Waals surface area contributed by atoms with Gasteiger partial charge in [0.2, 0.25) is 0 Å². The third kappa shape index (κ3) is 2.90. The Bertz CT molecular complexity index is 331. The van der Waals surface area contributed by atoms with E-state index >= 15 is 0 Å². The molecule has 0 aliphatic carbocycles. The number of aliphatic hydroxyl groups is 1. The highest BCUT2D eigenvalue weighted by molar-refractivity contribution is 6.29. The van der Waals surface area contributed by atoms with Gasteiger partial charge >= 0.3 is 0 Å². The topological polar surface area (TPSA) is 49.2 Å². The minimum atomic E-state index is 0.223. The summed E-state index contributed by atoms with van der Waals surface area (Å²) in [6.45, 7) is 1.99. The number of piperidine rings is 1. The van der Waals surface area contributed by atoms with E-state index in [1.165, 1.54) is 12.8 Å². The van der Waals surface area contributed by atoms with Crippen LogP contribution in [0.1, 0.15) is 25.0 Å². The maximum absolute atomic E-state index is 9.28. The van der Waals surface area contributed by atoms with Crippen molar-refractivity contribution in [2.45, 2.75) is 31.8 Å². The average Bonchev–Trinajstić information content (AvgIpc) is 2.33. The molecular formula is C11H16ClN3O. The van der Waals surface area contributed by atoms with Crippen molar-refractivity contribution in [2.75, 3.05) is 13.2 Å². The molecule has 1 saturated heterocycles. The molecule has 0 amide bonds. The number of hydrogen-bond acceptors (Lipinski definition) is 4. The van der Waals surface area contributed by atoms with Gasteiger partial charge in [-0.15, -0.1) is 5.10 Å². The molecule has 0 spiro atoms. The highest BCUT2D eigenvalue weighted by atomic mass is 35.5. The van der Waals surface area contributed by atoms with Crippen LogP contribution in [0.15, 0.2) is 12.1 Å². The third-order valence-corrected chi connectivity index (χ3v) is 3.21. The van der Waals surface area contributed by atoms with E-state index in [2.05, 4.69) is 15.1 Å². The van der Waals surface area contributed by atoms with Gasteiger partial charge in [0.05, 0.1) is 12.3 Å². The van der Waals surface area contributed by atoms with Crippen molar-refractivity contribution in [2.24, 2.45) is 0 Å². The molecule has 0 unspecified atom stereocenters. The van der Waals surface area contributed by atoms with Crippen LogP contribution in [-0.2, 0) is 6.54 Å². The highest BCUT2D eigenvalue weighted by Gasteiger charge is 2.21. The van der Waals surface area contributed by atoms with Gasteiger partial charge in [0.1, 0.15) is 0 Å². The highest BCUT2D eigenvalue weighted by Crippen LogP contribution is 2.18. The standard InChI is InChI=1S/C11H16ClN3O/c12-11-5-4-9(13-14-11)7-15-6-2-1-3-10(15)8-16/h4-5,10,16H,1-3,6-8H2/t10-/m1/s1. The number of rotatable bonds is 3. The summed E-state index contributed by atoms with van der Waals surface area (Å²) in [5.74, 6) is 0. The summed E-state index contributed by atoms with van der Waals surface area (Å²) in [5, 5.41) is 17.6. The Kier molecular flexibility index (Phi) is 4.09. The van der Waals surface area contributed by atoms with Gasteiger partial charge in [-0.05, 0) is 31.5 Å². The van der Waals surface area contributed by atoms with Crippen LogP contribution in [0.5, 0.6) is 0 Å². The van der Waals surface area contributed by atoms with E-state index in [0.717, 1.165) is 25.2 Å². The van der Waals surface area contributed by atoms with Gasteiger partial charge in [-0.3, -0.25) is 4.90 Å². The lowest BCUT2D eigenvalue weighted by molar-refractivity contribution is 0.0828. The Morgan fingerprint density at radius 3 is 2.94 bits per heavy atom. The molecule has 0 aromatic carbocycles. The Labute approximate surface area is 100 Å². The second kappa shape index (κ2) is 5.57. The molecule has 16 heavy (non-hydrogen) atoms. The zero-order chi connectivity index (χ0) is 11.4. The molecule has 1 aromatic rings. The third-order valence-electron chi connectivity index (χ3n) is 3.01. The number of halogens is 1. The zero-order valence-corrected chi connectivity index (χ0v) is 9.90. The zero-order valence-electron chi connectivity index (χ0n) is 9.14. The molecule has 2 rings (SSSR count). The summed E-state index contributed by atoms with van der Waals surface area (Å²) in [4.78, 5) is 2.27. The number of nitrogens with zero attached hydrogens (tertiary/aromatic N) is 3. The number of hydrogen-bond donors (Lipinski definition) is 1. The minimum absolute atomic E-state index is 0.223. The molecule has 1 aromatic heterocycles. The predicted octanol–water partition coefficient (Wildman–Crippen LogP) is 1.48. The second-order valence-corrected chi connectivity index (χ2v) is 4.54. The fourth-order valence-corrected chi connectivity index (χ4v) is 2.21. The van der Waals surface area contributed by atoms with E-state index in [0.29, 0.717) is 5.15 Å². The molecule has 88 valence electrons. The maximum Gasteiger partial charge on any atom is 0.151 e. The van der Waals surface area contributed by atoms with Gasteiger partial charge in [-0.2, -0.15) is 5.10 Å². The van der Waals surface area contributed by atoms with Gasteiger partial charge in [0, 0.05) is 12.6 Å². The predicted molar refractivity (Wildman–Crippen MR) is 62.2 cm³/mol. The van der Waals surface area contributed by atoms with Crippen molar-refractivity contribution in [3.05, 3.63) is 23.0 Å². The number of aromatic nitrogens is 2. The van der Waals surface area contributed by atoms with Crippen molar-refractivity contribution in [1.82, 2.24) is 15.1 Å². The fourth-order valence-electron chi connectivity index (χ4n) is 2.11. The van der Waals surface area contributed by atoms with E-state index in [-0.39, 0.29) is 12.6 Å². The summed E-state index contributed by atoms with van der Waals surface area (Å²) < 4.78 is 0. The van der Waals surface area contributed by atoms with Crippen LogP contribution in [0.2, 0.25) is 5.15 Å². The van der Waals surface area contributed by atoms with Crippen LogP contribution >= 0.6 is 11.6 Å². The maximum atomic E-state index is 9.28. The molecule has 1 aliphatic heterocycles. The van der Waals surface area contributed by atoms with Crippen LogP contribution in [0.25, 0.3) is 0 Å². The number of likely N-dealkylation sites (tertiary alicyclic amines) is 1. The molecular weight excluding hydrogens is 226 g/mol. The normalized spacial score (nSPS) is 22.2. The Morgan fingerprint density at radius 2 is 2.25 bits per heavy atom. The molecule has 0 saturated carbocycles. The monoisotopic (exact) mass is 241 g/mol. The molecule has 0 bridgehead atoms. The van der Waals surface area contributed by atoms with Gasteiger partial charge in [-0.25, -0.2) is 0 Å². The summed E-state index contributed by atoms with van der Waals surface area (Å²) >= 11 is 5.68. The van der Waals surface area contributed by atoms with Crippen molar-refractivity contribution in [3.8, 4) is 0 Å². The molecule has 1 aliphatic rings. The first-order chi connectivity index (χ1) is 7.79. The van der Waals surface area contributed by atoms with E-state index in [1.807, 2.05) is 6.07 Å². The second-order valence-electron chi connectivity index (χ2n) is 4.15. The molecule has 1 N–H and O–H groups in total. The smallest absolute Gasteiger partial charge is 0.151 e. The fraction of sp³-hybridized carbons (Fsp3) is 0.636. The summed E-state index contributed by atoms with van der Waals surface area (Å²) in [7, 11) is 0. The lowest BCUT2D eigenvalue weighted by Gasteiger charge is -2.34. The molecule has 1 fully saturated rings. The Hall–Kier alpha value is -0.710. The van der Waals surface area contributed by atoms with E-state index in [1.54, 1.807) is 6.07 Å². The average molecular weight is 242 g/mol. The van der Waals surface area contributed by atoms with Crippen molar-refractivity contribution < 1.29 is 5.11 Å². The first-order valence-electron chi connectivity index (χ1n) is 5.62. The largest absolute Gasteiger partial charge is 0.395 e. The van der Waals surface area contributed by atoms with Crippen molar-refractivity contribution >= 4 is 11.6 Å². The van der Waals surface area contributed by atoms with Gasteiger partial charge < -0.3 is 5.11 Å². The summed E-state index contributed by atoms with van der Waals surface area (Å²) in [6.07, 6.45) is 3.46. The van der Waals surface area contributed by atoms with Crippen LogP contribution in [0, 0.1) is 0 Å². The first kappa shape index (κ1) is 11.8. The van der Waals surface area contributed by atoms with E-state index in [4.69, 9.17) is 11.6 Å². The first-order valence-corrected chi connectivity index (χ1v) is 6.00. The van der Waals surface area contributed by atoms with Crippen LogP contribution < -0.4 is 0 Å². The molecule has 2 heterocycles. The molecule has 1 atom stereocenters. The van der Waals surface area contributed by atoms with E-state index in [9.17, 15) is 5.11 Å². The van der Waals surface area contributed by atoms with Gasteiger partial charge in [-0.1, -0.05) is 18.0 Å². The van der Waals surface area contributed by atoms with Gasteiger partial charge in [0.15, 0.2) is 5.15 Å². The Balaban J connectivity index is 1.99. The Morgan fingerprint density at radius 1 is 1.38 bits per heavy atom. The molecule has 0 radical (unpaired) electrons. The van der Waals surface area contributed by atoms with Crippen LogP contribution in [0.3, 0.4) is 0 Å². The summed E-state index contributed by atoms with van der Waals surface area (Å²) in [5.41, 5.74) is 0.907. The number of aliphatic hydroxyl groups excluding tert-OH is 1. The lowest BCUT2D eigenvalue weighted by Crippen LogP contribution is -2.41. The van der Waals surface area contributed by atoms with Gasteiger partial charge in [0.25, 0.3) is 0 Å². The van der Waals surface area contributed by atoms with Crippen LogP contribution in [-0.4, -0.2) is 39.4 Å². The molecule has 4 nitrogen and oxygen atoms in total. The van der Waals surface area contributed by atoms with Crippen LogP contribution in [0.4, 0.5) is 0 Å². The SMILES string of the molecule is OC[C@H]1CCCCN1Cc1ccc(Cl)nn1. The lowest BCUT2D eigenvalue weighted by atomic mass is 10.0. The minimum Gasteiger partial charge on any atom is -0.395 e. The molecule has 5 heteroatoms. The van der Waals surface area contributed by atoms with E-state index < -0.39 is 0 Å². The van der Waals surface area contributed by atoms with Crippen molar-refractivity contribution in [3.63, 3.8) is 0 Å². The van der Waals surface area contributed by atoms with Crippen molar-refractivity contribution in [1.29, 1.82) is 0 Å². The summed E-state index contributed by atoms with van der Waals surface area (Å²) in [6, 6.07) is 3.91.